The maximum absolute atomic E-state index is 12.5. The molecule has 1 aliphatic carbocycles. The summed E-state index contributed by atoms with van der Waals surface area (Å²) in [6.45, 7) is 1.81. The number of sulfone groups is 1. The zero-order valence-electron chi connectivity index (χ0n) is 11.4. The molecule has 1 saturated carbocycles. The van der Waals surface area contributed by atoms with Gasteiger partial charge in [-0.1, -0.05) is 0 Å². The Hall–Kier alpha value is -1.84. The lowest BCUT2D eigenvalue weighted by Crippen LogP contribution is -2.23. The van der Waals surface area contributed by atoms with Gasteiger partial charge in [-0.25, -0.2) is 8.42 Å². The van der Waals surface area contributed by atoms with Crippen molar-refractivity contribution in [3.63, 3.8) is 0 Å². The average Bonchev–Trinajstić information content (AvgIpc) is 3.21. The van der Waals surface area contributed by atoms with Gasteiger partial charge < -0.3 is 5.32 Å². The van der Waals surface area contributed by atoms with Gasteiger partial charge in [0, 0.05) is 12.1 Å². The molecule has 0 heterocycles. The first-order chi connectivity index (χ1) is 10.0. The Bertz CT molecular complexity index is 699. The smallest absolute Gasteiger partial charge is 0.377 e. The molecule has 1 atom stereocenters. The largest absolute Gasteiger partial charge is 0.501 e. The third-order valence-corrected chi connectivity index (χ3v) is 4.98. The topological polar surface area (TPSA) is 89.3 Å². The third kappa shape index (κ3) is 3.16. The van der Waals surface area contributed by atoms with Crippen LogP contribution in [-0.2, 0) is 9.84 Å². The second-order valence-electron chi connectivity index (χ2n) is 5.16. The third-order valence-electron chi connectivity index (χ3n) is 3.49. The molecule has 122 valence electrons. The average molecular weight is 338 g/mol. The number of alkyl halides is 3. The summed E-state index contributed by atoms with van der Waals surface area (Å²) in [4.78, 5) is 8.96. The summed E-state index contributed by atoms with van der Waals surface area (Å²) in [6.07, 6.45) is 1.95. The van der Waals surface area contributed by atoms with E-state index in [2.05, 4.69) is 5.32 Å². The van der Waals surface area contributed by atoms with Gasteiger partial charge in [-0.15, -0.1) is 0 Å². The van der Waals surface area contributed by atoms with E-state index in [1.54, 1.807) is 0 Å². The Labute approximate surface area is 124 Å². The number of anilines is 1. The Kier molecular flexibility index (Phi) is 4.07. The molecule has 1 aromatic rings. The van der Waals surface area contributed by atoms with Gasteiger partial charge in [0.2, 0.25) is 0 Å². The molecule has 0 radical (unpaired) electrons. The van der Waals surface area contributed by atoms with Crippen LogP contribution in [0.1, 0.15) is 19.8 Å². The summed E-state index contributed by atoms with van der Waals surface area (Å²) in [5.74, 6) is 0.359. The van der Waals surface area contributed by atoms with Crippen molar-refractivity contribution in [2.75, 3.05) is 5.32 Å². The summed E-state index contributed by atoms with van der Waals surface area (Å²) in [5.41, 5.74) is -6.19. The van der Waals surface area contributed by atoms with E-state index < -0.39 is 30.9 Å². The molecule has 1 unspecified atom stereocenters. The van der Waals surface area contributed by atoms with Crippen molar-refractivity contribution in [2.45, 2.75) is 36.2 Å². The summed E-state index contributed by atoms with van der Waals surface area (Å²) in [7, 11) is -5.61. The van der Waals surface area contributed by atoms with E-state index in [0.717, 1.165) is 25.0 Å². The van der Waals surface area contributed by atoms with Gasteiger partial charge in [-0.05, 0) is 37.8 Å². The minimum Gasteiger partial charge on any atom is -0.377 e. The van der Waals surface area contributed by atoms with Crippen molar-refractivity contribution in [3.05, 3.63) is 28.3 Å². The molecule has 1 aromatic carbocycles. The van der Waals surface area contributed by atoms with E-state index in [1.165, 1.54) is 0 Å². The molecule has 0 saturated heterocycles. The van der Waals surface area contributed by atoms with Crippen LogP contribution in [0.3, 0.4) is 0 Å². The minimum atomic E-state index is -5.61. The van der Waals surface area contributed by atoms with E-state index in [0.29, 0.717) is 12.0 Å². The Balaban J connectivity index is 2.41. The fraction of sp³-hybridized carbons (Fsp3) is 0.500. The van der Waals surface area contributed by atoms with Crippen LogP contribution in [0.4, 0.5) is 24.5 Å². The number of nitro benzene ring substituents is 1. The Morgan fingerprint density at radius 3 is 2.41 bits per heavy atom. The molecule has 10 heteroatoms. The van der Waals surface area contributed by atoms with Gasteiger partial charge in [0.15, 0.2) is 0 Å². The van der Waals surface area contributed by atoms with E-state index in [4.69, 9.17) is 0 Å². The molecular formula is C12H13F3N2O4S. The number of hydrogen-bond acceptors (Lipinski definition) is 5. The van der Waals surface area contributed by atoms with Crippen LogP contribution >= 0.6 is 0 Å². The lowest BCUT2D eigenvalue weighted by atomic mass is 10.2. The van der Waals surface area contributed by atoms with Crippen molar-refractivity contribution in [1.82, 2.24) is 0 Å². The van der Waals surface area contributed by atoms with Crippen LogP contribution in [0.2, 0.25) is 0 Å². The van der Waals surface area contributed by atoms with Gasteiger partial charge in [0.25, 0.3) is 15.5 Å². The molecular weight excluding hydrogens is 325 g/mol. The Morgan fingerprint density at radius 1 is 1.36 bits per heavy atom. The summed E-state index contributed by atoms with van der Waals surface area (Å²) in [5, 5.41) is 13.9. The minimum absolute atomic E-state index is 0.00512. The number of nitrogens with one attached hydrogen (secondary N) is 1. The maximum Gasteiger partial charge on any atom is 0.501 e. The molecule has 1 N–H and O–H groups in total. The van der Waals surface area contributed by atoms with Crippen LogP contribution < -0.4 is 5.32 Å². The Morgan fingerprint density at radius 2 is 1.95 bits per heavy atom. The molecule has 0 aromatic heterocycles. The van der Waals surface area contributed by atoms with Gasteiger partial charge in [-0.3, -0.25) is 10.1 Å². The molecule has 1 aliphatic rings. The van der Waals surface area contributed by atoms with E-state index in [1.807, 2.05) is 6.92 Å². The molecule has 22 heavy (non-hydrogen) atoms. The van der Waals surface area contributed by atoms with Crippen LogP contribution in [-0.4, -0.2) is 24.9 Å². The predicted molar refractivity (Wildman–Crippen MR) is 72.1 cm³/mol. The van der Waals surface area contributed by atoms with Crippen molar-refractivity contribution in [1.29, 1.82) is 0 Å². The molecule has 0 bridgehead atoms. The number of hydrogen-bond donors (Lipinski definition) is 1. The zero-order chi connectivity index (χ0) is 16.7. The fourth-order valence-electron chi connectivity index (χ4n) is 2.04. The number of nitrogens with zero attached hydrogens (tertiary/aromatic N) is 1. The first kappa shape index (κ1) is 16.5. The second kappa shape index (κ2) is 5.41. The van der Waals surface area contributed by atoms with Crippen molar-refractivity contribution in [2.24, 2.45) is 5.92 Å². The highest BCUT2D eigenvalue weighted by Crippen LogP contribution is 2.38. The quantitative estimate of drug-likeness (QED) is 0.658. The molecule has 6 nitrogen and oxygen atoms in total. The first-order valence-electron chi connectivity index (χ1n) is 6.40. The standard InChI is InChI=1S/C12H13F3N2O4S/c1-7(8-2-3-8)16-10-5-4-9(6-11(10)17(18)19)22(20,21)12(13,14)15/h4-8,16H,2-3H2,1H3. The van der Waals surface area contributed by atoms with Gasteiger partial charge >= 0.3 is 5.51 Å². The highest BCUT2D eigenvalue weighted by atomic mass is 32.2. The van der Waals surface area contributed by atoms with Crippen molar-refractivity contribution < 1.29 is 26.5 Å². The van der Waals surface area contributed by atoms with Gasteiger partial charge in [0.1, 0.15) is 5.69 Å². The normalized spacial score (nSPS) is 17.1. The number of halogens is 3. The maximum atomic E-state index is 12.5. The zero-order valence-corrected chi connectivity index (χ0v) is 12.2. The lowest BCUT2D eigenvalue weighted by molar-refractivity contribution is -0.384. The predicted octanol–water partition coefficient (Wildman–Crippen LogP) is 3.10. The van der Waals surface area contributed by atoms with Crippen LogP contribution in [0, 0.1) is 16.0 Å². The fourth-order valence-corrected chi connectivity index (χ4v) is 2.83. The molecule has 1 fully saturated rings. The lowest BCUT2D eigenvalue weighted by Gasteiger charge is -2.15. The monoisotopic (exact) mass is 338 g/mol. The highest BCUT2D eigenvalue weighted by Gasteiger charge is 2.47. The SMILES string of the molecule is CC(Nc1ccc(S(=O)(=O)C(F)(F)F)cc1[N+](=O)[O-])C1CC1. The summed E-state index contributed by atoms with van der Waals surface area (Å²) >= 11 is 0. The van der Waals surface area contributed by atoms with E-state index in [-0.39, 0.29) is 11.7 Å². The summed E-state index contributed by atoms with van der Waals surface area (Å²) < 4.78 is 60.1. The van der Waals surface area contributed by atoms with E-state index >= 15 is 0 Å². The number of rotatable bonds is 5. The van der Waals surface area contributed by atoms with Crippen LogP contribution in [0.15, 0.2) is 23.1 Å². The van der Waals surface area contributed by atoms with Gasteiger partial charge in [-0.2, -0.15) is 13.2 Å². The highest BCUT2D eigenvalue weighted by molar-refractivity contribution is 7.92. The van der Waals surface area contributed by atoms with Gasteiger partial charge in [0.05, 0.1) is 9.82 Å². The number of nitro groups is 1. The molecule has 0 amide bonds. The molecule has 0 spiro atoms. The number of benzene rings is 1. The second-order valence-corrected chi connectivity index (χ2v) is 7.10. The molecule has 0 aliphatic heterocycles. The van der Waals surface area contributed by atoms with Crippen LogP contribution in [0.25, 0.3) is 0 Å². The van der Waals surface area contributed by atoms with Crippen molar-refractivity contribution in [3.8, 4) is 0 Å². The first-order valence-corrected chi connectivity index (χ1v) is 7.88. The summed E-state index contributed by atoms with van der Waals surface area (Å²) in [6, 6.07) is 2.07. The van der Waals surface area contributed by atoms with Crippen molar-refractivity contribution >= 4 is 21.2 Å². The van der Waals surface area contributed by atoms with E-state index in [9.17, 15) is 31.7 Å². The van der Waals surface area contributed by atoms with Crippen LogP contribution in [0.5, 0.6) is 0 Å². The molecule has 2 rings (SSSR count).